The van der Waals surface area contributed by atoms with Crippen LogP contribution in [0.4, 0.5) is 26.7 Å². The highest BCUT2D eigenvalue weighted by Gasteiger charge is 2.32. The van der Waals surface area contributed by atoms with Crippen molar-refractivity contribution in [1.82, 2.24) is 16.0 Å². The smallest absolute Gasteiger partial charge is 0.408 e. The van der Waals surface area contributed by atoms with Crippen molar-refractivity contribution in [2.24, 2.45) is 11.7 Å². The van der Waals surface area contributed by atoms with E-state index in [9.17, 15) is 46.2 Å². The average Bonchev–Trinajstić information content (AvgIpc) is 3.00. The van der Waals surface area contributed by atoms with E-state index in [0.717, 1.165) is 0 Å². The molecule has 4 atom stereocenters. The van der Waals surface area contributed by atoms with Crippen molar-refractivity contribution >= 4 is 23.9 Å². The van der Waals surface area contributed by atoms with Crippen molar-refractivity contribution in [3.63, 3.8) is 0 Å². The molecule has 0 aliphatic rings. The fourth-order valence-corrected chi connectivity index (χ4v) is 3.84. The SMILES string of the molecule is CC(C)C[C@H](NC(=O)[C@@H](O)[C@H](C)N)C(=O)NCCC[C@H](NC(=O)OCc1ccccc1)C(=O)Oc1c(F)c(F)c(F)c(F)c1F. The van der Waals surface area contributed by atoms with Crippen LogP contribution in [0.15, 0.2) is 30.3 Å². The number of amides is 3. The van der Waals surface area contributed by atoms with E-state index in [0.29, 0.717) is 5.56 Å². The Morgan fingerprint density at radius 3 is 1.98 bits per heavy atom. The molecular weight excluding hydrogens is 611 g/mol. The number of hydrogen-bond acceptors (Lipinski definition) is 8. The number of nitrogens with one attached hydrogen (secondary N) is 3. The number of ether oxygens (including phenoxy) is 2. The summed E-state index contributed by atoms with van der Waals surface area (Å²) in [5, 5.41) is 16.9. The molecule has 0 unspecified atom stereocenters. The number of hydrogen-bond donors (Lipinski definition) is 5. The number of alkyl carbamates (subject to hydrolysis) is 1. The molecule has 6 N–H and O–H groups in total. The third-order valence-electron chi connectivity index (χ3n) is 6.24. The van der Waals surface area contributed by atoms with Crippen molar-refractivity contribution in [2.75, 3.05) is 6.54 Å². The van der Waals surface area contributed by atoms with Crippen LogP contribution in [0.5, 0.6) is 5.75 Å². The zero-order valence-corrected chi connectivity index (χ0v) is 24.7. The molecule has 0 aromatic heterocycles. The van der Waals surface area contributed by atoms with Crippen molar-refractivity contribution in [1.29, 1.82) is 0 Å². The molecule has 0 fully saturated rings. The highest BCUT2D eigenvalue weighted by atomic mass is 19.2. The Labute approximate surface area is 255 Å². The first-order valence-electron chi connectivity index (χ1n) is 13.9. The Balaban J connectivity index is 2.13. The minimum absolute atomic E-state index is 0.0549. The molecule has 3 amide bonds. The number of esters is 1. The fraction of sp³-hybridized carbons (Fsp3) is 0.448. The lowest BCUT2D eigenvalue weighted by molar-refractivity contribution is -0.137. The van der Waals surface area contributed by atoms with Crippen LogP contribution in [0.2, 0.25) is 0 Å². The minimum Gasteiger partial charge on any atom is -0.445 e. The van der Waals surface area contributed by atoms with Gasteiger partial charge in [0.15, 0.2) is 0 Å². The van der Waals surface area contributed by atoms with E-state index >= 15 is 0 Å². The topological polar surface area (TPSA) is 169 Å². The summed E-state index contributed by atoms with van der Waals surface area (Å²) in [5.74, 6) is -17.0. The normalized spacial score (nSPS) is 13.8. The third-order valence-corrected chi connectivity index (χ3v) is 6.24. The van der Waals surface area contributed by atoms with Gasteiger partial charge in [0.2, 0.25) is 40.7 Å². The van der Waals surface area contributed by atoms with E-state index in [4.69, 9.17) is 10.5 Å². The number of rotatable bonds is 15. The molecule has 45 heavy (non-hydrogen) atoms. The van der Waals surface area contributed by atoms with E-state index in [-0.39, 0.29) is 38.3 Å². The molecule has 0 radical (unpaired) electrons. The molecule has 0 aliphatic carbocycles. The summed E-state index contributed by atoms with van der Waals surface area (Å²) in [6.07, 6.45) is -3.00. The number of halogens is 5. The third kappa shape index (κ3) is 11.0. The molecule has 0 saturated heterocycles. The maximum atomic E-state index is 14.1. The molecule has 0 heterocycles. The number of carbonyl (C=O) groups is 4. The van der Waals surface area contributed by atoms with Crippen LogP contribution in [0.3, 0.4) is 0 Å². The summed E-state index contributed by atoms with van der Waals surface area (Å²) in [7, 11) is 0. The van der Waals surface area contributed by atoms with E-state index in [1.54, 1.807) is 44.2 Å². The molecular formula is C29H35F5N4O7. The molecule has 16 heteroatoms. The molecule has 0 saturated carbocycles. The van der Waals surface area contributed by atoms with Gasteiger partial charge < -0.3 is 36.3 Å². The van der Waals surface area contributed by atoms with Gasteiger partial charge in [-0.1, -0.05) is 44.2 Å². The molecule has 11 nitrogen and oxygen atoms in total. The standard InChI is InChI=1S/C29H35F5N4O7/c1-14(2)12-18(37-27(41)24(39)15(3)35)26(40)36-11-7-10-17(38-29(43)44-13-16-8-5-4-6-9-16)28(42)45-25-22(33)20(31)19(30)21(32)23(25)34/h4-6,8-9,14-15,17-18,24,39H,7,10-13,35H2,1-3H3,(H,36,40)(H,37,41)(H,38,43)/t15-,17-,18-,24-/m0/s1. The number of aliphatic hydroxyl groups excluding tert-OH is 1. The maximum Gasteiger partial charge on any atom is 0.408 e. The zero-order valence-electron chi connectivity index (χ0n) is 24.7. The lowest BCUT2D eigenvalue weighted by atomic mass is 10.0. The lowest BCUT2D eigenvalue weighted by Gasteiger charge is -2.23. The average molecular weight is 647 g/mol. The summed E-state index contributed by atoms with van der Waals surface area (Å²) >= 11 is 0. The second kappa shape index (κ2) is 17.2. The van der Waals surface area contributed by atoms with Crippen LogP contribution >= 0.6 is 0 Å². The van der Waals surface area contributed by atoms with E-state index < -0.39 is 82.9 Å². The van der Waals surface area contributed by atoms with Gasteiger partial charge in [0, 0.05) is 12.6 Å². The largest absolute Gasteiger partial charge is 0.445 e. The van der Waals surface area contributed by atoms with Crippen molar-refractivity contribution in [3.8, 4) is 5.75 Å². The highest BCUT2D eigenvalue weighted by molar-refractivity contribution is 5.89. The molecule has 2 rings (SSSR count). The molecule has 2 aromatic carbocycles. The molecule has 248 valence electrons. The number of carbonyl (C=O) groups excluding carboxylic acids is 4. The van der Waals surface area contributed by atoms with Crippen LogP contribution in [0.1, 0.15) is 45.6 Å². The van der Waals surface area contributed by atoms with Gasteiger partial charge in [-0.2, -0.15) is 8.78 Å². The summed E-state index contributed by atoms with van der Waals surface area (Å²) in [6, 6.07) is 4.64. The predicted molar refractivity (Wildman–Crippen MR) is 149 cm³/mol. The van der Waals surface area contributed by atoms with Crippen molar-refractivity contribution in [2.45, 2.75) is 70.9 Å². The first kappa shape index (κ1) is 36.9. The van der Waals surface area contributed by atoms with Gasteiger partial charge in [-0.3, -0.25) is 9.59 Å². The Morgan fingerprint density at radius 2 is 1.42 bits per heavy atom. The van der Waals surface area contributed by atoms with Crippen molar-refractivity contribution < 1.29 is 55.7 Å². The van der Waals surface area contributed by atoms with Gasteiger partial charge in [0.05, 0.1) is 0 Å². The molecule has 0 aliphatic heterocycles. The van der Waals surface area contributed by atoms with E-state index in [1.807, 2.05) is 0 Å². The van der Waals surface area contributed by atoms with Gasteiger partial charge >= 0.3 is 12.1 Å². The Kier molecular flexibility index (Phi) is 14.1. The predicted octanol–water partition coefficient (Wildman–Crippen LogP) is 2.72. The maximum absolute atomic E-state index is 14.1. The first-order chi connectivity index (χ1) is 21.1. The quantitative estimate of drug-likeness (QED) is 0.0492. The summed E-state index contributed by atoms with van der Waals surface area (Å²) in [4.78, 5) is 50.2. The van der Waals surface area contributed by atoms with Gasteiger partial charge in [-0.05, 0) is 37.7 Å². The summed E-state index contributed by atoms with van der Waals surface area (Å²) in [6.45, 7) is 4.59. The number of aliphatic hydroxyl groups is 1. The zero-order chi connectivity index (χ0) is 33.8. The molecule has 0 spiro atoms. The van der Waals surface area contributed by atoms with Crippen LogP contribution in [-0.4, -0.2) is 59.8 Å². The monoisotopic (exact) mass is 646 g/mol. The van der Waals surface area contributed by atoms with Crippen molar-refractivity contribution in [3.05, 3.63) is 65.0 Å². The first-order valence-corrected chi connectivity index (χ1v) is 13.9. The van der Waals surface area contributed by atoms with Gasteiger partial charge in [0.1, 0.15) is 24.8 Å². The van der Waals surface area contributed by atoms with Crippen LogP contribution in [0, 0.1) is 35.0 Å². The van der Waals surface area contributed by atoms with Crippen LogP contribution in [0.25, 0.3) is 0 Å². The molecule has 0 bridgehead atoms. The van der Waals surface area contributed by atoms with Gasteiger partial charge in [0.25, 0.3) is 5.91 Å². The van der Waals surface area contributed by atoms with Gasteiger partial charge in [-0.15, -0.1) is 0 Å². The van der Waals surface area contributed by atoms with E-state index in [2.05, 4.69) is 20.7 Å². The van der Waals surface area contributed by atoms with E-state index in [1.165, 1.54) is 6.92 Å². The fourth-order valence-electron chi connectivity index (χ4n) is 3.84. The Bertz CT molecular complexity index is 1320. The Morgan fingerprint density at radius 1 is 0.844 bits per heavy atom. The minimum atomic E-state index is -2.46. The lowest BCUT2D eigenvalue weighted by Crippen LogP contribution is -2.53. The van der Waals surface area contributed by atoms with Crippen LogP contribution in [-0.2, 0) is 25.7 Å². The number of nitrogens with two attached hydrogens (primary N) is 1. The summed E-state index contributed by atoms with van der Waals surface area (Å²) in [5.41, 5.74) is 6.10. The second-order valence-electron chi connectivity index (χ2n) is 10.5. The summed E-state index contributed by atoms with van der Waals surface area (Å²) < 4.78 is 78.5. The second-order valence-corrected chi connectivity index (χ2v) is 10.5. The van der Waals surface area contributed by atoms with Crippen LogP contribution < -0.4 is 26.4 Å². The Hall–Kier alpha value is -4.31. The molecule has 2 aromatic rings. The van der Waals surface area contributed by atoms with Gasteiger partial charge in [-0.25, -0.2) is 22.8 Å². The highest BCUT2D eigenvalue weighted by Crippen LogP contribution is 2.29. The number of benzene rings is 2.